The van der Waals surface area contributed by atoms with Crippen molar-refractivity contribution in [1.82, 2.24) is 9.97 Å². The van der Waals surface area contributed by atoms with Crippen molar-refractivity contribution < 1.29 is 9.18 Å². The molecule has 0 saturated carbocycles. The summed E-state index contributed by atoms with van der Waals surface area (Å²) in [5.74, 6) is 0.854. The van der Waals surface area contributed by atoms with Crippen molar-refractivity contribution in [3.05, 3.63) is 46.4 Å². The molecule has 0 spiro atoms. The molecule has 2 N–H and O–H groups in total. The topological polar surface area (TPSA) is 72.1 Å². The Hall–Kier alpha value is -2.02. The van der Waals surface area contributed by atoms with Crippen molar-refractivity contribution in [3.63, 3.8) is 0 Å². The van der Waals surface area contributed by atoms with Gasteiger partial charge >= 0.3 is 0 Å². The van der Waals surface area contributed by atoms with Crippen molar-refractivity contribution >= 4 is 33.3 Å². The number of Topliss-reactive ketones (excluding diaryl/α,β-unsaturated/α-hetero) is 1. The molecule has 2 aromatic rings. The normalized spacial score (nSPS) is 15.7. The van der Waals surface area contributed by atoms with Gasteiger partial charge in [-0.05, 0) is 53.0 Å². The summed E-state index contributed by atoms with van der Waals surface area (Å²) in [4.78, 5) is 22.8. The van der Waals surface area contributed by atoms with Gasteiger partial charge < -0.3 is 10.6 Å². The largest absolute Gasteiger partial charge is 0.383 e. The predicted molar refractivity (Wildman–Crippen MR) is 89.8 cm³/mol. The van der Waals surface area contributed by atoms with Crippen molar-refractivity contribution in [3.8, 4) is 0 Å². The van der Waals surface area contributed by atoms with Crippen LogP contribution < -0.4 is 10.6 Å². The first kappa shape index (κ1) is 15.9. The highest BCUT2D eigenvalue weighted by molar-refractivity contribution is 9.10. The van der Waals surface area contributed by atoms with Crippen molar-refractivity contribution in [2.45, 2.75) is 12.8 Å². The minimum absolute atomic E-state index is 0.0466. The van der Waals surface area contributed by atoms with Gasteiger partial charge in [-0.2, -0.15) is 0 Å². The van der Waals surface area contributed by atoms with Crippen LogP contribution in [-0.4, -0.2) is 28.8 Å². The van der Waals surface area contributed by atoms with E-state index in [9.17, 15) is 9.18 Å². The standard InChI is InChI=1S/C16H16BrFN4O/c17-13-15(19)20-9-21-16(13)22-7-5-11(6-8-22)14(23)10-1-3-12(18)4-2-10/h1-4,9,11H,5-8H2,(H2,19,20,21). The number of piperidine rings is 1. The predicted octanol–water partition coefficient (Wildman–Crippen LogP) is 3.06. The van der Waals surface area contributed by atoms with E-state index in [1.165, 1.54) is 18.5 Å². The molecule has 23 heavy (non-hydrogen) atoms. The van der Waals surface area contributed by atoms with Gasteiger partial charge in [0.2, 0.25) is 0 Å². The van der Waals surface area contributed by atoms with Crippen LogP contribution in [0.2, 0.25) is 0 Å². The van der Waals surface area contributed by atoms with Crippen LogP contribution in [0.4, 0.5) is 16.0 Å². The van der Waals surface area contributed by atoms with Crippen LogP contribution >= 0.6 is 15.9 Å². The SMILES string of the molecule is Nc1ncnc(N2CCC(C(=O)c3ccc(F)cc3)CC2)c1Br. The zero-order valence-corrected chi connectivity index (χ0v) is 14.0. The third-order valence-electron chi connectivity index (χ3n) is 4.09. The maximum Gasteiger partial charge on any atom is 0.166 e. The van der Waals surface area contributed by atoms with Crippen molar-refractivity contribution in [2.24, 2.45) is 5.92 Å². The van der Waals surface area contributed by atoms with Gasteiger partial charge in [0, 0.05) is 24.6 Å². The maximum absolute atomic E-state index is 13.0. The summed E-state index contributed by atoms with van der Waals surface area (Å²) in [5, 5.41) is 0. The molecular formula is C16H16BrFN4O. The van der Waals surface area contributed by atoms with E-state index in [-0.39, 0.29) is 17.5 Å². The van der Waals surface area contributed by atoms with Crippen LogP contribution in [0, 0.1) is 11.7 Å². The number of hydrogen-bond acceptors (Lipinski definition) is 5. The van der Waals surface area contributed by atoms with Crippen LogP contribution in [0.1, 0.15) is 23.2 Å². The maximum atomic E-state index is 13.0. The summed E-state index contributed by atoms with van der Waals surface area (Å²) in [6.45, 7) is 1.43. The number of anilines is 2. The Bertz CT molecular complexity index is 715. The zero-order chi connectivity index (χ0) is 16.4. The number of ketones is 1. The number of nitrogen functional groups attached to an aromatic ring is 1. The lowest BCUT2D eigenvalue weighted by Gasteiger charge is -2.32. The van der Waals surface area contributed by atoms with Gasteiger partial charge in [0.15, 0.2) is 5.78 Å². The van der Waals surface area contributed by atoms with Crippen LogP contribution in [-0.2, 0) is 0 Å². The van der Waals surface area contributed by atoms with E-state index in [1.54, 1.807) is 12.1 Å². The van der Waals surface area contributed by atoms with Gasteiger partial charge in [0.1, 0.15) is 28.3 Å². The number of benzene rings is 1. The second-order valence-electron chi connectivity index (χ2n) is 5.53. The van der Waals surface area contributed by atoms with Crippen LogP contribution in [0.15, 0.2) is 35.1 Å². The summed E-state index contributed by atoms with van der Waals surface area (Å²) in [6.07, 6.45) is 2.89. The molecule has 0 atom stereocenters. The lowest BCUT2D eigenvalue weighted by molar-refractivity contribution is 0.0900. The third-order valence-corrected chi connectivity index (χ3v) is 4.85. The highest BCUT2D eigenvalue weighted by Gasteiger charge is 2.27. The number of rotatable bonds is 3. The number of nitrogens with zero attached hydrogens (tertiary/aromatic N) is 3. The summed E-state index contributed by atoms with van der Waals surface area (Å²) in [5.41, 5.74) is 6.35. The summed E-state index contributed by atoms with van der Waals surface area (Å²) in [6, 6.07) is 5.74. The Balaban J connectivity index is 1.67. The average Bonchev–Trinajstić information content (AvgIpc) is 2.58. The van der Waals surface area contributed by atoms with E-state index in [0.717, 1.165) is 18.7 Å². The van der Waals surface area contributed by atoms with Gasteiger partial charge in [-0.25, -0.2) is 14.4 Å². The lowest BCUT2D eigenvalue weighted by Crippen LogP contribution is -2.37. The van der Waals surface area contributed by atoms with Crippen LogP contribution in [0.25, 0.3) is 0 Å². The molecule has 0 radical (unpaired) electrons. The van der Waals surface area contributed by atoms with Crippen LogP contribution in [0.5, 0.6) is 0 Å². The zero-order valence-electron chi connectivity index (χ0n) is 12.4. The van der Waals surface area contributed by atoms with E-state index in [0.29, 0.717) is 28.9 Å². The average molecular weight is 379 g/mol. The highest BCUT2D eigenvalue weighted by Crippen LogP contribution is 2.31. The quantitative estimate of drug-likeness (QED) is 0.830. The molecule has 7 heteroatoms. The minimum Gasteiger partial charge on any atom is -0.383 e. The Morgan fingerprint density at radius 2 is 1.87 bits per heavy atom. The molecule has 120 valence electrons. The van der Waals surface area contributed by atoms with E-state index in [2.05, 4.69) is 30.8 Å². The first-order chi connectivity index (χ1) is 11.1. The fourth-order valence-electron chi connectivity index (χ4n) is 2.80. The molecule has 1 fully saturated rings. The molecule has 0 bridgehead atoms. The van der Waals surface area contributed by atoms with E-state index in [1.807, 2.05) is 0 Å². The summed E-state index contributed by atoms with van der Waals surface area (Å²) >= 11 is 3.41. The molecular weight excluding hydrogens is 363 g/mol. The number of carbonyl (C=O) groups is 1. The van der Waals surface area contributed by atoms with E-state index in [4.69, 9.17) is 5.73 Å². The molecule has 2 heterocycles. The molecule has 1 aliphatic heterocycles. The highest BCUT2D eigenvalue weighted by atomic mass is 79.9. The molecule has 3 rings (SSSR count). The van der Waals surface area contributed by atoms with E-state index >= 15 is 0 Å². The second-order valence-corrected chi connectivity index (χ2v) is 6.32. The fraction of sp³-hybridized carbons (Fsp3) is 0.312. The summed E-state index contributed by atoms with van der Waals surface area (Å²) < 4.78 is 13.6. The minimum atomic E-state index is -0.331. The van der Waals surface area contributed by atoms with Crippen molar-refractivity contribution in [2.75, 3.05) is 23.7 Å². The molecule has 0 aliphatic carbocycles. The van der Waals surface area contributed by atoms with Gasteiger partial charge in [0.25, 0.3) is 0 Å². The van der Waals surface area contributed by atoms with Crippen LogP contribution in [0.3, 0.4) is 0 Å². The lowest BCUT2D eigenvalue weighted by atomic mass is 9.89. The Morgan fingerprint density at radius 1 is 1.22 bits per heavy atom. The number of aromatic nitrogens is 2. The molecule has 1 aromatic carbocycles. The molecule has 1 aliphatic rings. The first-order valence-corrected chi connectivity index (χ1v) is 8.16. The molecule has 1 saturated heterocycles. The molecule has 0 amide bonds. The number of halogens is 2. The molecule has 5 nitrogen and oxygen atoms in total. The van der Waals surface area contributed by atoms with Gasteiger partial charge in [-0.15, -0.1) is 0 Å². The van der Waals surface area contributed by atoms with Crippen molar-refractivity contribution in [1.29, 1.82) is 0 Å². The number of nitrogens with two attached hydrogens (primary N) is 1. The smallest absolute Gasteiger partial charge is 0.166 e. The Labute approximate surface area is 141 Å². The molecule has 0 unspecified atom stereocenters. The number of carbonyl (C=O) groups excluding carboxylic acids is 1. The van der Waals surface area contributed by atoms with Gasteiger partial charge in [0.05, 0.1) is 0 Å². The van der Waals surface area contributed by atoms with E-state index < -0.39 is 0 Å². The Kier molecular flexibility index (Phi) is 4.56. The molecule has 1 aromatic heterocycles. The number of hydrogen-bond donors (Lipinski definition) is 1. The van der Waals surface area contributed by atoms with Gasteiger partial charge in [-0.1, -0.05) is 0 Å². The fourth-order valence-corrected chi connectivity index (χ4v) is 3.25. The second kappa shape index (κ2) is 6.62. The summed E-state index contributed by atoms with van der Waals surface area (Å²) in [7, 11) is 0. The first-order valence-electron chi connectivity index (χ1n) is 7.37. The van der Waals surface area contributed by atoms with Gasteiger partial charge in [-0.3, -0.25) is 4.79 Å². The third kappa shape index (κ3) is 3.34. The Morgan fingerprint density at radius 3 is 2.52 bits per heavy atom. The monoisotopic (exact) mass is 378 g/mol.